The Morgan fingerprint density at radius 2 is 2.05 bits per heavy atom. The van der Waals surface area contributed by atoms with Crippen molar-refractivity contribution in [3.8, 4) is 5.75 Å². The van der Waals surface area contributed by atoms with Crippen molar-refractivity contribution in [2.24, 2.45) is 0 Å². The molecule has 2 aromatic rings. The minimum atomic E-state index is -0.0217. The van der Waals surface area contributed by atoms with E-state index in [0.29, 0.717) is 17.6 Å². The van der Waals surface area contributed by atoms with E-state index in [-0.39, 0.29) is 23.9 Å². The molecule has 0 saturated heterocycles. The first-order valence-corrected chi connectivity index (χ1v) is 5.72. The van der Waals surface area contributed by atoms with Gasteiger partial charge in [-0.2, -0.15) is 0 Å². The van der Waals surface area contributed by atoms with E-state index in [0.717, 1.165) is 11.3 Å². The van der Waals surface area contributed by atoms with Gasteiger partial charge in [0.1, 0.15) is 5.75 Å². The van der Waals surface area contributed by atoms with Gasteiger partial charge in [0.2, 0.25) is 0 Å². The van der Waals surface area contributed by atoms with Gasteiger partial charge in [0.15, 0.2) is 5.78 Å². The van der Waals surface area contributed by atoms with Crippen molar-refractivity contribution in [3.63, 3.8) is 0 Å². The third-order valence-corrected chi connectivity index (χ3v) is 3.02. The maximum atomic E-state index is 12.1. The highest BCUT2D eigenvalue weighted by atomic mass is 35.5. The van der Waals surface area contributed by atoms with Gasteiger partial charge in [0.05, 0.1) is 5.69 Å². The summed E-state index contributed by atoms with van der Waals surface area (Å²) in [7, 11) is 0. The molecule has 1 aliphatic rings. The van der Waals surface area contributed by atoms with Crippen LogP contribution in [0.15, 0.2) is 48.2 Å². The van der Waals surface area contributed by atoms with Gasteiger partial charge in [-0.25, -0.2) is 0 Å². The Morgan fingerprint density at radius 3 is 2.79 bits per heavy atom. The summed E-state index contributed by atoms with van der Waals surface area (Å²) in [5.74, 6) is 0.104. The fourth-order valence-corrected chi connectivity index (χ4v) is 2.14. The van der Waals surface area contributed by atoms with E-state index in [2.05, 4.69) is 4.98 Å². The molecule has 0 saturated carbocycles. The van der Waals surface area contributed by atoms with Crippen LogP contribution in [0, 0.1) is 0 Å². The van der Waals surface area contributed by atoms with Crippen molar-refractivity contribution in [2.45, 2.75) is 6.42 Å². The zero-order valence-electron chi connectivity index (χ0n) is 10.0. The number of benzene rings is 1. The van der Waals surface area contributed by atoms with Crippen LogP contribution in [0.4, 0.5) is 0 Å². The summed E-state index contributed by atoms with van der Waals surface area (Å²) >= 11 is 0. The highest BCUT2D eigenvalue weighted by Gasteiger charge is 2.24. The van der Waals surface area contributed by atoms with Gasteiger partial charge in [0.25, 0.3) is 0 Å². The second-order valence-electron chi connectivity index (χ2n) is 4.27. The molecule has 0 aliphatic heterocycles. The summed E-state index contributed by atoms with van der Waals surface area (Å²) in [6.45, 7) is 0. The molecule has 1 aromatic heterocycles. The summed E-state index contributed by atoms with van der Waals surface area (Å²) in [6.07, 6.45) is 4.11. The predicted octanol–water partition coefficient (Wildman–Crippen LogP) is 3.03. The van der Waals surface area contributed by atoms with Crippen LogP contribution in [-0.2, 0) is 6.42 Å². The number of pyridine rings is 1. The standard InChI is InChI=1S/C15H11NO2.ClH/c17-13-5-4-10-7-11(15(18)14(10)9-13)8-12-3-1-2-6-16-12;/h1-6,8-9,17H,7H2;1H/b11-8+;. The van der Waals surface area contributed by atoms with Gasteiger partial charge < -0.3 is 5.11 Å². The van der Waals surface area contributed by atoms with Crippen LogP contribution in [0.5, 0.6) is 5.75 Å². The van der Waals surface area contributed by atoms with Gasteiger partial charge in [-0.05, 0) is 35.9 Å². The molecule has 0 atom stereocenters. The normalized spacial score (nSPS) is 15.2. The van der Waals surface area contributed by atoms with Crippen LogP contribution >= 0.6 is 12.4 Å². The Bertz CT molecular complexity index is 650. The Labute approximate surface area is 117 Å². The summed E-state index contributed by atoms with van der Waals surface area (Å²) in [4.78, 5) is 16.3. The van der Waals surface area contributed by atoms with E-state index in [1.807, 2.05) is 18.2 Å². The summed E-state index contributed by atoms with van der Waals surface area (Å²) in [5, 5.41) is 9.41. The van der Waals surface area contributed by atoms with E-state index in [1.165, 1.54) is 6.07 Å². The molecule has 0 radical (unpaired) electrons. The van der Waals surface area contributed by atoms with Crippen molar-refractivity contribution in [3.05, 3.63) is 65.0 Å². The van der Waals surface area contributed by atoms with Crippen molar-refractivity contribution >= 4 is 24.3 Å². The van der Waals surface area contributed by atoms with Crippen LogP contribution in [-0.4, -0.2) is 15.9 Å². The second kappa shape index (κ2) is 5.24. The number of allylic oxidation sites excluding steroid dienone is 1. The number of ketones is 1. The van der Waals surface area contributed by atoms with E-state index < -0.39 is 0 Å². The molecule has 0 unspecified atom stereocenters. The number of aromatic nitrogens is 1. The zero-order valence-corrected chi connectivity index (χ0v) is 10.9. The average molecular weight is 274 g/mol. The highest BCUT2D eigenvalue weighted by molar-refractivity contribution is 6.15. The SMILES string of the molecule is Cl.O=C1/C(=C/c2ccccn2)Cc2ccc(O)cc21. The van der Waals surface area contributed by atoms with E-state index >= 15 is 0 Å². The minimum absolute atomic E-state index is 0. The van der Waals surface area contributed by atoms with Crippen molar-refractivity contribution in [1.29, 1.82) is 0 Å². The van der Waals surface area contributed by atoms with Gasteiger partial charge in [-0.1, -0.05) is 12.1 Å². The summed E-state index contributed by atoms with van der Waals surface area (Å²) < 4.78 is 0. The average Bonchev–Trinajstić information content (AvgIpc) is 2.68. The quantitative estimate of drug-likeness (QED) is 0.813. The number of hydrogen-bond acceptors (Lipinski definition) is 3. The van der Waals surface area contributed by atoms with Crippen LogP contribution < -0.4 is 0 Å². The van der Waals surface area contributed by atoms with Gasteiger partial charge >= 0.3 is 0 Å². The monoisotopic (exact) mass is 273 g/mol. The molecule has 0 amide bonds. The number of hydrogen-bond donors (Lipinski definition) is 1. The lowest BCUT2D eigenvalue weighted by Gasteiger charge is -1.96. The topological polar surface area (TPSA) is 50.2 Å². The Kier molecular flexibility index (Phi) is 3.67. The molecule has 1 N–H and O–H groups in total. The largest absolute Gasteiger partial charge is 0.508 e. The smallest absolute Gasteiger partial charge is 0.189 e. The number of fused-ring (bicyclic) bond motifs is 1. The van der Waals surface area contributed by atoms with Crippen molar-refractivity contribution < 1.29 is 9.90 Å². The number of halogens is 1. The number of rotatable bonds is 1. The number of phenolic OH excluding ortho intramolecular Hbond substituents is 1. The van der Waals surface area contributed by atoms with Crippen LogP contribution in [0.1, 0.15) is 21.6 Å². The lowest BCUT2D eigenvalue weighted by atomic mass is 10.1. The molecule has 1 aromatic carbocycles. The van der Waals surface area contributed by atoms with Gasteiger partial charge in [0, 0.05) is 23.8 Å². The summed E-state index contributed by atoms with van der Waals surface area (Å²) in [5.41, 5.74) is 3.05. The van der Waals surface area contributed by atoms with Gasteiger partial charge in [-0.3, -0.25) is 9.78 Å². The van der Waals surface area contributed by atoms with E-state index in [9.17, 15) is 9.90 Å². The fourth-order valence-electron chi connectivity index (χ4n) is 2.14. The van der Waals surface area contributed by atoms with Crippen LogP contribution in [0.3, 0.4) is 0 Å². The Balaban J connectivity index is 0.00000133. The highest BCUT2D eigenvalue weighted by Crippen LogP contribution is 2.29. The molecule has 0 fully saturated rings. The van der Waals surface area contributed by atoms with E-state index in [4.69, 9.17) is 0 Å². The molecule has 19 heavy (non-hydrogen) atoms. The summed E-state index contributed by atoms with van der Waals surface area (Å²) in [6, 6.07) is 10.5. The molecule has 3 rings (SSSR count). The maximum Gasteiger partial charge on any atom is 0.189 e. The lowest BCUT2D eigenvalue weighted by Crippen LogP contribution is -1.95. The molecular weight excluding hydrogens is 262 g/mol. The fraction of sp³-hybridized carbons (Fsp3) is 0.0667. The first kappa shape index (κ1) is 13.3. The van der Waals surface area contributed by atoms with Gasteiger partial charge in [-0.15, -0.1) is 12.4 Å². The molecule has 0 spiro atoms. The molecule has 4 heteroatoms. The number of carbonyl (C=O) groups is 1. The lowest BCUT2D eigenvalue weighted by molar-refractivity contribution is 0.104. The Hall–Kier alpha value is -2.13. The number of Topliss-reactive ketones (excluding diaryl/α,β-unsaturated/α-hetero) is 1. The third-order valence-electron chi connectivity index (χ3n) is 3.02. The van der Waals surface area contributed by atoms with Crippen molar-refractivity contribution in [2.75, 3.05) is 0 Å². The molecule has 1 aliphatic carbocycles. The van der Waals surface area contributed by atoms with Crippen LogP contribution in [0.25, 0.3) is 6.08 Å². The first-order valence-electron chi connectivity index (χ1n) is 5.72. The molecule has 96 valence electrons. The predicted molar refractivity (Wildman–Crippen MR) is 75.6 cm³/mol. The second-order valence-corrected chi connectivity index (χ2v) is 4.27. The molecule has 1 heterocycles. The number of nitrogens with zero attached hydrogens (tertiary/aromatic N) is 1. The van der Waals surface area contributed by atoms with E-state index in [1.54, 1.807) is 24.4 Å². The first-order chi connectivity index (χ1) is 8.74. The third kappa shape index (κ3) is 2.51. The molecule has 3 nitrogen and oxygen atoms in total. The maximum absolute atomic E-state index is 12.1. The van der Waals surface area contributed by atoms with Crippen LogP contribution in [0.2, 0.25) is 0 Å². The molecular formula is C15H12ClNO2. The number of aromatic hydroxyl groups is 1. The number of carbonyl (C=O) groups excluding carboxylic acids is 1. The zero-order chi connectivity index (χ0) is 12.5. The molecule has 0 bridgehead atoms. The Morgan fingerprint density at radius 1 is 1.21 bits per heavy atom. The minimum Gasteiger partial charge on any atom is -0.508 e. The number of phenols is 1. The van der Waals surface area contributed by atoms with Crippen molar-refractivity contribution in [1.82, 2.24) is 4.98 Å².